The number of aryl methyl sites for hydroxylation is 2. The maximum absolute atomic E-state index is 12.7. The Morgan fingerprint density at radius 3 is 2.24 bits per heavy atom. The van der Waals surface area contributed by atoms with Gasteiger partial charge in [-0.1, -0.05) is 29.8 Å². The van der Waals surface area contributed by atoms with Gasteiger partial charge in [-0.15, -0.1) is 0 Å². The number of hydrogen-bond donors (Lipinski definition) is 2. The summed E-state index contributed by atoms with van der Waals surface area (Å²) in [6.45, 7) is 3.42. The van der Waals surface area contributed by atoms with E-state index in [4.69, 9.17) is 4.74 Å². The monoisotopic (exact) mass is 475 g/mol. The van der Waals surface area contributed by atoms with Crippen molar-refractivity contribution in [3.8, 4) is 11.8 Å². The number of nitrogens with zero attached hydrogens (tertiary/aromatic N) is 1. The van der Waals surface area contributed by atoms with Crippen LogP contribution in [0.4, 0.5) is 11.4 Å². The molecule has 3 aromatic carbocycles. The third-order valence-corrected chi connectivity index (χ3v) is 7.18. The van der Waals surface area contributed by atoms with E-state index in [0.717, 1.165) is 24.0 Å². The first kappa shape index (κ1) is 23.3. The van der Waals surface area contributed by atoms with Crippen molar-refractivity contribution in [3.05, 3.63) is 83.4 Å². The minimum absolute atomic E-state index is 0.105. The lowest BCUT2D eigenvalue weighted by molar-refractivity contribution is -0.118. The summed E-state index contributed by atoms with van der Waals surface area (Å²) in [5.41, 5.74) is 3.33. The number of benzene rings is 3. The van der Waals surface area contributed by atoms with Crippen molar-refractivity contribution in [2.75, 3.05) is 16.6 Å². The zero-order valence-corrected chi connectivity index (χ0v) is 19.8. The maximum atomic E-state index is 12.7. The first-order chi connectivity index (χ1) is 16.2. The molecule has 2 N–H and O–H groups in total. The summed E-state index contributed by atoms with van der Waals surface area (Å²) in [4.78, 5) is 12.4. The molecule has 0 radical (unpaired) electrons. The molecule has 1 aliphatic rings. The maximum Gasteiger partial charge on any atom is 0.262 e. The number of nitrogens with one attached hydrogen (secondary N) is 2. The lowest BCUT2D eigenvalue weighted by atomic mass is 9.98. The molecule has 1 aliphatic carbocycles. The second-order valence-electron chi connectivity index (χ2n) is 8.51. The van der Waals surface area contributed by atoms with E-state index in [9.17, 15) is 18.5 Å². The molecule has 0 saturated heterocycles. The minimum Gasteiger partial charge on any atom is -0.483 e. The Kier molecular flexibility index (Phi) is 6.31. The molecule has 1 amide bonds. The Hall–Kier alpha value is -3.83. The van der Waals surface area contributed by atoms with Crippen LogP contribution in [0.5, 0.6) is 5.75 Å². The Morgan fingerprint density at radius 1 is 1.00 bits per heavy atom. The second-order valence-corrected chi connectivity index (χ2v) is 10.2. The molecule has 0 heterocycles. The fourth-order valence-corrected chi connectivity index (χ4v) is 4.73. The molecule has 0 bridgehead atoms. The van der Waals surface area contributed by atoms with E-state index in [-0.39, 0.29) is 22.8 Å². The van der Waals surface area contributed by atoms with Crippen molar-refractivity contribution >= 4 is 27.3 Å². The molecular weight excluding hydrogens is 450 g/mol. The smallest absolute Gasteiger partial charge is 0.262 e. The van der Waals surface area contributed by atoms with Gasteiger partial charge < -0.3 is 10.1 Å². The van der Waals surface area contributed by atoms with Crippen LogP contribution in [0.2, 0.25) is 0 Å². The van der Waals surface area contributed by atoms with Gasteiger partial charge in [0, 0.05) is 11.4 Å². The van der Waals surface area contributed by atoms with Gasteiger partial charge in [-0.25, -0.2) is 8.42 Å². The molecule has 1 saturated carbocycles. The summed E-state index contributed by atoms with van der Waals surface area (Å²) in [6, 6.07) is 21.2. The van der Waals surface area contributed by atoms with E-state index in [1.807, 2.05) is 31.2 Å². The summed E-state index contributed by atoms with van der Waals surface area (Å²) in [7, 11) is -3.75. The number of carbonyl (C=O) groups excluding carboxylic acids is 1. The summed E-state index contributed by atoms with van der Waals surface area (Å²) in [6.07, 6.45) is 1.73. The highest BCUT2D eigenvalue weighted by Gasteiger charge is 2.44. The summed E-state index contributed by atoms with van der Waals surface area (Å²) in [5.74, 6) is 0.0794. The molecule has 4 rings (SSSR count). The van der Waals surface area contributed by atoms with Crippen LogP contribution in [0.1, 0.15) is 29.5 Å². The van der Waals surface area contributed by atoms with Crippen molar-refractivity contribution in [3.63, 3.8) is 0 Å². The van der Waals surface area contributed by atoms with Gasteiger partial charge in [0.15, 0.2) is 6.61 Å². The minimum atomic E-state index is -3.75. The van der Waals surface area contributed by atoms with E-state index in [1.54, 1.807) is 31.2 Å². The second kappa shape index (κ2) is 9.20. The van der Waals surface area contributed by atoms with Crippen LogP contribution in [0, 0.1) is 25.2 Å². The Labute approximate surface area is 199 Å². The third-order valence-electron chi connectivity index (χ3n) is 5.80. The average Bonchev–Trinajstić information content (AvgIpc) is 3.61. The molecule has 3 aromatic rings. The summed E-state index contributed by atoms with van der Waals surface area (Å²) >= 11 is 0. The van der Waals surface area contributed by atoms with E-state index in [2.05, 4.69) is 16.1 Å². The van der Waals surface area contributed by atoms with Gasteiger partial charge in [-0.05, 0) is 80.3 Å². The number of carbonyl (C=O) groups is 1. The quantitative estimate of drug-likeness (QED) is 0.492. The number of sulfonamides is 1. The van der Waals surface area contributed by atoms with Gasteiger partial charge in [-0.2, -0.15) is 5.26 Å². The van der Waals surface area contributed by atoms with Gasteiger partial charge >= 0.3 is 0 Å². The lowest BCUT2D eigenvalue weighted by Crippen LogP contribution is -2.20. The molecule has 7 nitrogen and oxygen atoms in total. The third kappa shape index (κ3) is 5.21. The largest absolute Gasteiger partial charge is 0.483 e. The molecule has 0 atom stereocenters. The molecule has 174 valence electrons. The number of amides is 1. The average molecular weight is 476 g/mol. The fourth-order valence-electron chi connectivity index (χ4n) is 3.59. The van der Waals surface area contributed by atoms with Crippen LogP contribution in [0.25, 0.3) is 0 Å². The SMILES string of the molecule is Cc1ccc(NS(=O)(=O)c2ccc(OCC(=O)Nc3ccc(C4(C#N)CC4)cc3)c(C)c2)cc1. The molecule has 0 unspecified atom stereocenters. The van der Waals surface area contributed by atoms with Crippen LogP contribution < -0.4 is 14.8 Å². The zero-order chi connectivity index (χ0) is 24.3. The summed E-state index contributed by atoms with van der Waals surface area (Å²) in [5, 5.41) is 12.1. The number of ether oxygens (including phenoxy) is 1. The molecular formula is C26H25N3O4S. The highest BCUT2D eigenvalue weighted by Crippen LogP contribution is 2.47. The molecule has 0 aromatic heterocycles. The van der Waals surface area contributed by atoms with Gasteiger partial charge in [0.1, 0.15) is 5.75 Å². The number of anilines is 2. The zero-order valence-electron chi connectivity index (χ0n) is 19.0. The molecule has 34 heavy (non-hydrogen) atoms. The van der Waals surface area contributed by atoms with Crippen LogP contribution in [-0.4, -0.2) is 20.9 Å². The van der Waals surface area contributed by atoms with E-state index in [0.29, 0.717) is 22.7 Å². The van der Waals surface area contributed by atoms with Crippen LogP contribution in [-0.2, 0) is 20.2 Å². The van der Waals surface area contributed by atoms with Crippen molar-refractivity contribution in [2.24, 2.45) is 0 Å². The predicted molar refractivity (Wildman–Crippen MR) is 130 cm³/mol. The Bertz CT molecular complexity index is 1350. The van der Waals surface area contributed by atoms with Crippen LogP contribution in [0.3, 0.4) is 0 Å². The molecule has 0 aliphatic heterocycles. The van der Waals surface area contributed by atoms with E-state index < -0.39 is 10.0 Å². The van der Waals surface area contributed by atoms with Gasteiger partial charge in [-0.3, -0.25) is 9.52 Å². The topological polar surface area (TPSA) is 108 Å². The van der Waals surface area contributed by atoms with Crippen molar-refractivity contribution in [2.45, 2.75) is 37.0 Å². The molecule has 0 spiro atoms. The first-order valence-electron chi connectivity index (χ1n) is 10.9. The van der Waals surface area contributed by atoms with Crippen molar-refractivity contribution in [1.82, 2.24) is 0 Å². The van der Waals surface area contributed by atoms with Crippen LogP contribution in [0.15, 0.2) is 71.6 Å². The highest BCUT2D eigenvalue weighted by molar-refractivity contribution is 7.92. The Morgan fingerprint density at radius 2 is 1.65 bits per heavy atom. The predicted octanol–water partition coefficient (Wildman–Crippen LogP) is 4.68. The normalized spacial score (nSPS) is 14.0. The standard InChI is InChI=1S/C26H25N3O4S/c1-18-3-7-22(8-4-18)29-34(31,32)23-11-12-24(19(2)15-23)33-16-25(30)28-21-9-5-20(6-10-21)26(17-27)13-14-26/h3-12,15,29H,13-14,16H2,1-2H3,(H,28,30). The van der Waals surface area contributed by atoms with Gasteiger partial charge in [0.25, 0.3) is 15.9 Å². The number of nitriles is 1. The van der Waals surface area contributed by atoms with E-state index >= 15 is 0 Å². The van der Waals surface area contributed by atoms with Crippen molar-refractivity contribution < 1.29 is 17.9 Å². The Balaban J connectivity index is 1.35. The summed E-state index contributed by atoms with van der Waals surface area (Å²) < 4.78 is 33.6. The van der Waals surface area contributed by atoms with Gasteiger partial charge in [0.05, 0.1) is 16.4 Å². The number of hydrogen-bond acceptors (Lipinski definition) is 5. The lowest BCUT2D eigenvalue weighted by Gasteiger charge is -2.13. The fraction of sp³-hybridized carbons (Fsp3) is 0.231. The van der Waals surface area contributed by atoms with Crippen molar-refractivity contribution in [1.29, 1.82) is 5.26 Å². The van der Waals surface area contributed by atoms with Gasteiger partial charge in [0.2, 0.25) is 0 Å². The molecule has 1 fully saturated rings. The molecule has 8 heteroatoms. The number of rotatable bonds is 8. The van der Waals surface area contributed by atoms with Crippen LogP contribution >= 0.6 is 0 Å². The highest BCUT2D eigenvalue weighted by atomic mass is 32.2. The van der Waals surface area contributed by atoms with E-state index in [1.165, 1.54) is 18.2 Å². The first-order valence-corrected chi connectivity index (χ1v) is 12.3.